The van der Waals surface area contributed by atoms with Crippen molar-refractivity contribution in [3.63, 3.8) is 0 Å². The summed E-state index contributed by atoms with van der Waals surface area (Å²) >= 11 is 0. The first-order valence-corrected chi connectivity index (χ1v) is 5.28. The van der Waals surface area contributed by atoms with Gasteiger partial charge in [-0.3, -0.25) is 0 Å². The van der Waals surface area contributed by atoms with Crippen molar-refractivity contribution in [3.8, 4) is 0 Å². The van der Waals surface area contributed by atoms with Gasteiger partial charge in [-0.05, 0) is 32.7 Å². The highest BCUT2D eigenvalue weighted by atomic mass is 16.7. The van der Waals surface area contributed by atoms with E-state index in [9.17, 15) is 0 Å². The Hall–Kier alpha value is -0.120. The second-order valence-corrected chi connectivity index (χ2v) is 3.04. The Morgan fingerprint density at radius 3 is 2.46 bits per heavy atom. The Labute approximate surface area is 81.6 Å². The third-order valence-corrected chi connectivity index (χ3v) is 1.80. The molecule has 0 aromatic carbocycles. The van der Waals surface area contributed by atoms with Gasteiger partial charge in [0.05, 0.1) is 0 Å². The fraction of sp³-hybridized carbons (Fsp3) is 1.00. The van der Waals surface area contributed by atoms with Gasteiger partial charge < -0.3 is 15.2 Å². The fourth-order valence-electron chi connectivity index (χ4n) is 1.04. The molecule has 0 aliphatic carbocycles. The van der Waals surface area contributed by atoms with E-state index in [-0.39, 0.29) is 6.29 Å². The normalized spacial score (nSPS) is 13.2. The fourth-order valence-corrected chi connectivity index (χ4v) is 1.04. The van der Waals surface area contributed by atoms with Crippen molar-refractivity contribution in [2.75, 3.05) is 19.8 Å². The zero-order valence-electron chi connectivity index (χ0n) is 8.92. The van der Waals surface area contributed by atoms with Crippen LogP contribution >= 0.6 is 0 Å². The van der Waals surface area contributed by atoms with Crippen molar-refractivity contribution in [2.45, 2.75) is 45.8 Å². The maximum absolute atomic E-state index is 5.55. The smallest absolute Gasteiger partial charge is 0.157 e. The van der Waals surface area contributed by atoms with Crippen LogP contribution in [0, 0.1) is 0 Å². The molecule has 0 fully saturated rings. The molecule has 80 valence electrons. The molecule has 0 saturated carbocycles. The van der Waals surface area contributed by atoms with Crippen molar-refractivity contribution >= 4 is 0 Å². The number of nitrogens with two attached hydrogens (primary N) is 1. The lowest BCUT2D eigenvalue weighted by Gasteiger charge is -2.17. The minimum atomic E-state index is -0.0416. The molecule has 0 heterocycles. The number of unbranched alkanes of at least 4 members (excludes halogenated alkanes) is 1. The van der Waals surface area contributed by atoms with Gasteiger partial charge in [-0.25, -0.2) is 0 Å². The van der Waals surface area contributed by atoms with Gasteiger partial charge in [0.1, 0.15) is 0 Å². The maximum Gasteiger partial charge on any atom is 0.157 e. The van der Waals surface area contributed by atoms with Crippen LogP contribution in [0.3, 0.4) is 0 Å². The van der Waals surface area contributed by atoms with Crippen LogP contribution in [0.4, 0.5) is 0 Å². The molecule has 13 heavy (non-hydrogen) atoms. The molecule has 0 bridgehead atoms. The van der Waals surface area contributed by atoms with E-state index in [1.807, 2.05) is 6.92 Å². The molecule has 1 atom stereocenters. The van der Waals surface area contributed by atoms with E-state index in [4.69, 9.17) is 15.2 Å². The summed E-state index contributed by atoms with van der Waals surface area (Å²) in [7, 11) is 0. The van der Waals surface area contributed by atoms with Gasteiger partial charge in [-0.1, -0.05) is 13.3 Å². The predicted molar refractivity (Wildman–Crippen MR) is 54.6 cm³/mol. The van der Waals surface area contributed by atoms with Gasteiger partial charge in [-0.15, -0.1) is 0 Å². The molecule has 0 saturated heterocycles. The van der Waals surface area contributed by atoms with E-state index >= 15 is 0 Å². The first-order valence-electron chi connectivity index (χ1n) is 5.28. The first-order chi connectivity index (χ1) is 6.35. The lowest BCUT2D eigenvalue weighted by atomic mass is 10.3. The van der Waals surface area contributed by atoms with Gasteiger partial charge in [0.15, 0.2) is 6.29 Å². The standard InChI is InChI=1S/C10H23NO2/c1-3-5-9-13-10(12-4-2)7-6-8-11/h10H,3-9,11H2,1-2H3. The van der Waals surface area contributed by atoms with Crippen LogP contribution < -0.4 is 5.73 Å². The Bertz CT molecular complexity index is 98.9. The van der Waals surface area contributed by atoms with Crippen LogP contribution in [0.5, 0.6) is 0 Å². The minimum absolute atomic E-state index is 0.0416. The lowest BCUT2D eigenvalue weighted by Crippen LogP contribution is -2.19. The molecule has 2 N–H and O–H groups in total. The highest BCUT2D eigenvalue weighted by Crippen LogP contribution is 2.04. The second kappa shape index (κ2) is 9.96. The van der Waals surface area contributed by atoms with E-state index in [0.717, 1.165) is 32.3 Å². The largest absolute Gasteiger partial charge is 0.353 e. The topological polar surface area (TPSA) is 44.5 Å². The van der Waals surface area contributed by atoms with E-state index in [2.05, 4.69) is 6.92 Å². The Kier molecular flexibility index (Phi) is 9.87. The number of ether oxygens (including phenoxy) is 2. The zero-order valence-corrected chi connectivity index (χ0v) is 8.92. The number of hydrogen-bond acceptors (Lipinski definition) is 3. The van der Waals surface area contributed by atoms with Crippen LogP contribution in [-0.2, 0) is 9.47 Å². The van der Waals surface area contributed by atoms with Gasteiger partial charge in [-0.2, -0.15) is 0 Å². The SMILES string of the molecule is CCCCOC(CCCN)OCC. The summed E-state index contributed by atoms with van der Waals surface area (Å²) in [6.45, 7) is 6.35. The van der Waals surface area contributed by atoms with Crippen LogP contribution in [0.2, 0.25) is 0 Å². The quantitative estimate of drug-likeness (QED) is 0.445. The summed E-state index contributed by atoms with van der Waals surface area (Å²) in [5.41, 5.74) is 5.42. The van der Waals surface area contributed by atoms with Crippen LogP contribution in [0.25, 0.3) is 0 Å². The van der Waals surface area contributed by atoms with Crippen molar-refractivity contribution in [1.29, 1.82) is 0 Å². The monoisotopic (exact) mass is 189 g/mol. The Balaban J connectivity index is 3.41. The highest BCUT2D eigenvalue weighted by Gasteiger charge is 2.06. The lowest BCUT2D eigenvalue weighted by molar-refractivity contribution is -0.143. The van der Waals surface area contributed by atoms with Gasteiger partial charge >= 0.3 is 0 Å². The average molecular weight is 189 g/mol. The summed E-state index contributed by atoms with van der Waals surface area (Å²) < 4.78 is 11.0. The zero-order chi connectivity index (χ0) is 9.94. The first kappa shape index (κ1) is 12.9. The summed E-state index contributed by atoms with van der Waals surface area (Å²) in [4.78, 5) is 0. The maximum atomic E-state index is 5.55. The molecule has 0 aromatic rings. The van der Waals surface area contributed by atoms with Gasteiger partial charge in [0.25, 0.3) is 0 Å². The second-order valence-electron chi connectivity index (χ2n) is 3.04. The molecule has 3 nitrogen and oxygen atoms in total. The molecular formula is C10H23NO2. The van der Waals surface area contributed by atoms with Crippen molar-refractivity contribution < 1.29 is 9.47 Å². The summed E-state index contributed by atoms with van der Waals surface area (Å²) in [6, 6.07) is 0. The van der Waals surface area contributed by atoms with Crippen molar-refractivity contribution in [1.82, 2.24) is 0 Å². The van der Waals surface area contributed by atoms with E-state index in [1.54, 1.807) is 0 Å². The van der Waals surface area contributed by atoms with Crippen LogP contribution in [0.15, 0.2) is 0 Å². The van der Waals surface area contributed by atoms with E-state index in [0.29, 0.717) is 13.2 Å². The highest BCUT2D eigenvalue weighted by molar-refractivity contribution is 4.47. The van der Waals surface area contributed by atoms with Gasteiger partial charge in [0.2, 0.25) is 0 Å². The Morgan fingerprint density at radius 2 is 1.92 bits per heavy atom. The predicted octanol–water partition coefficient (Wildman–Crippen LogP) is 1.90. The van der Waals surface area contributed by atoms with E-state index < -0.39 is 0 Å². The molecule has 0 amide bonds. The van der Waals surface area contributed by atoms with Gasteiger partial charge in [0, 0.05) is 13.2 Å². The van der Waals surface area contributed by atoms with E-state index in [1.165, 1.54) is 0 Å². The molecule has 3 heteroatoms. The summed E-state index contributed by atoms with van der Waals surface area (Å²) in [5.74, 6) is 0. The van der Waals surface area contributed by atoms with Crippen LogP contribution in [-0.4, -0.2) is 26.0 Å². The third kappa shape index (κ3) is 8.22. The molecule has 0 spiro atoms. The minimum Gasteiger partial charge on any atom is -0.353 e. The van der Waals surface area contributed by atoms with Crippen molar-refractivity contribution in [3.05, 3.63) is 0 Å². The molecule has 0 aromatic heterocycles. The molecule has 0 aliphatic rings. The van der Waals surface area contributed by atoms with Crippen LogP contribution in [0.1, 0.15) is 39.5 Å². The number of rotatable bonds is 9. The summed E-state index contributed by atoms with van der Waals surface area (Å²) in [6.07, 6.45) is 4.10. The molecular weight excluding hydrogens is 166 g/mol. The molecule has 1 unspecified atom stereocenters. The average Bonchev–Trinajstić information content (AvgIpc) is 2.14. The number of hydrogen-bond donors (Lipinski definition) is 1. The molecule has 0 rings (SSSR count). The van der Waals surface area contributed by atoms with Crippen molar-refractivity contribution in [2.24, 2.45) is 5.73 Å². The summed E-state index contributed by atoms with van der Waals surface area (Å²) in [5, 5.41) is 0. The Morgan fingerprint density at radius 1 is 1.15 bits per heavy atom. The molecule has 0 aliphatic heterocycles. The molecule has 0 radical (unpaired) electrons. The third-order valence-electron chi connectivity index (χ3n) is 1.80.